The van der Waals surface area contributed by atoms with Gasteiger partial charge in [0, 0.05) is 36.6 Å². The summed E-state index contributed by atoms with van der Waals surface area (Å²) in [6.07, 6.45) is 13.6. The summed E-state index contributed by atoms with van der Waals surface area (Å²) in [5.41, 5.74) is 5.66. The van der Waals surface area contributed by atoms with Crippen molar-refractivity contribution < 1.29 is 0 Å². The fraction of sp³-hybridized carbons (Fsp3) is 0.417. The smallest absolute Gasteiger partial charge is 0.277 e. The van der Waals surface area contributed by atoms with Crippen LogP contribution in [0.1, 0.15) is 54.4 Å². The van der Waals surface area contributed by atoms with E-state index in [0.29, 0.717) is 12.3 Å². The molecule has 1 aliphatic heterocycles. The van der Waals surface area contributed by atoms with Crippen molar-refractivity contribution in [3.63, 3.8) is 0 Å². The molecule has 1 unspecified atom stereocenters. The van der Waals surface area contributed by atoms with Crippen LogP contribution in [-0.4, -0.2) is 35.0 Å². The molecule has 2 aromatic rings. The molecule has 0 amide bonds. The van der Waals surface area contributed by atoms with Crippen molar-refractivity contribution in [1.29, 1.82) is 0 Å². The van der Waals surface area contributed by atoms with E-state index in [-0.39, 0.29) is 11.5 Å². The monoisotopic (exact) mass is 401 g/mol. The molecule has 0 radical (unpaired) electrons. The number of benzene rings is 1. The van der Waals surface area contributed by atoms with Gasteiger partial charge in [-0.1, -0.05) is 12.5 Å². The van der Waals surface area contributed by atoms with Crippen LogP contribution in [0.4, 0.5) is 5.69 Å². The number of rotatable bonds is 2. The number of aliphatic imine (C=N–C) groups is 2. The van der Waals surface area contributed by atoms with E-state index in [1.165, 1.54) is 34.3 Å². The fourth-order valence-corrected chi connectivity index (χ4v) is 4.60. The Labute approximate surface area is 177 Å². The van der Waals surface area contributed by atoms with Crippen LogP contribution in [0.3, 0.4) is 0 Å². The molecule has 2 heterocycles. The lowest BCUT2D eigenvalue weighted by molar-refractivity contribution is 0.568. The minimum atomic E-state index is -0.173. The van der Waals surface area contributed by atoms with Gasteiger partial charge in [-0.25, -0.2) is 4.99 Å². The molecule has 6 heteroatoms. The van der Waals surface area contributed by atoms with Crippen molar-refractivity contribution in [2.75, 3.05) is 18.0 Å². The van der Waals surface area contributed by atoms with Crippen LogP contribution in [0.15, 0.2) is 39.2 Å². The molecule has 6 nitrogen and oxygen atoms in total. The third-order valence-electron chi connectivity index (χ3n) is 6.15. The second-order valence-electron chi connectivity index (χ2n) is 7.97. The van der Waals surface area contributed by atoms with Crippen molar-refractivity contribution in [2.45, 2.75) is 51.9 Å². The van der Waals surface area contributed by atoms with Crippen molar-refractivity contribution >= 4 is 17.9 Å². The lowest BCUT2D eigenvalue weighted by Gasteiger charge is -2.27. The molecule has 1 aromatic carbocycles. The molecule has 0 N–H and O–H groups in total. The number of nitrogens with zero attached hydrogens (tertiary/aromatic N) is 5. The van der Waals surface area contributed by atoms with E-state index in [9.17, 15) is 4.79 Å². The SMILES string of the molecule is C#CN=C(N=CC)n1ncc2c(c1=O)CCC(c1cc(N3CCCC3)ccc1C)C2. The summed E-state index contributed by atoms with van der Waals surface area (Å²) in [5.74, 6) is 0.522. The number of hydrogen-bond donors (Lipinski definition) is 0. The van der Waals surface area contributed by atoms with Crippen LogP contribution in [0.5, 0.6) is 0 Å². The molecule has 1 aliphatic carbocycles. The topological polar surface area (TPSA) is 62.9 Å². The van der Waals surface area contributed by atoms with E-state index >= 15 is 0 Å². The van der Waals surface area contributed by atoms with Gasteiger partial charge in [-0.15, -0.1) is 0 Å². The fourth-order valence-electron chi connectivity index (χ4n) is 4.60. The van der Waals surface area contributed by atoms with E-state index in [4.69, 9.17) is 6.42 Å². The Kier molecular flexibility index (Phi) is 5.80. The van der Waals surface area contributed by atoms with Gasteiger partial charge in [-0.05, 0) is 80.7 Å². The molecule has 0 bridgehead atoms. The molecular weight excluding hydrogens is 374 g/mol. The Bertz CT molecular complexity index is 1100. The molecule has 1 fully saturated rings. The third kappa shape index (κ3) is 3.80. The number of hydrogen-bond acceptors (Lipinski definition) is 4. The number of aromatic nitrogens is 2. The number of fused-ring (bicyclic) bond motifs is 1. The van der Waals surface area contributed by atoms with Crippen LogP contribution >= 0.6 is 0 Å². The number of terminal acetylenes is 1. The Hall–Kier alpha value is -3.20. The first-order valence-electron chi connectivity index (χ1n) is 10.6. The average Bonchev–Trinajstić information content (AvgIpc) is 3.29. The minimum Gasteiger partial charge on any atom is -0.372 e. The van der Waals surface area contributed by atoms with Gasteiger partial charge >= 0.3 is 0 Å². The summed E-state index contributed by atoms with van der Waals surface area (Å²) in [4.78, 5) is 23.4. The molecule has 1 atom stereocenters. The normalized spacial score (nSPS) is 19.2. The van der Waals surface area contributed by atoms with Gasteiger partial charge in [-0.3, -0.25) is 4.79 Å². The van der Waals surface area contributed by atoms with Crippen molar-refractivity contribution in [3.8, 4) is 12.5 Å². The van der Waals surface area contributed by atoms with E-state index in [0.717, 1.165) is 37.1 Å². The first-order valence-corrected chi connectivity index (χ1v) is 10.6. The van der Waals surface area contributed by atoms with E-state index in [2.05, 4.69) is 51.2 Å². The first kappa shape index (κ1) is 20.1. The Morgan fingerprint density at radius 1 is 1.33 bits per heavy atom. The van der Waals surface area contributed by atoms with Crippen molar-refractivity contribution in [2.24, 2.45) is 9.98 Å². The molecule has 0 saturated carbocycles. The van der Waals surface area contributed by atoms with Gasteiger partial charge in [0.2, 0.25) is 0 Å². The van der Waals surface area contributed by atoms with Crippen LogP contribution in [0, 0.1) is 19.4 Å². The molecule has 30 heavy (non-hydrogen) atoms. The second-order valence-corrected chi connectivity index (χ2v) is 7.97. The van der Waals surface area contributed by atoms with E-state index in [1.807, 2.05) is 0 Å². The second kappa shape index (κ2) is 8.66. The zero-order valence-electron chi connectivity index (χ0n) is 17.6. The van der Waals surface area contributed by atoms with Gasteiger partial charge < -0.3 is 4.90 Å². The lowest BCUT2D eigenvalue weighted by Crippen LogP contribution is -2.34. The summed E-state index contributed by atoms with van der Waals surface area (Å²) in [7, 11) is 0. The first-order chi connectivity index (χ1) is 14.6. The van der Waals surface area contributed by atoms with Gasteiger partial charge in [0.15, 0.2) is 0 Å². The highest BCUT2D eigenvalue weighted by Crippen LogP contribution is 2.35. The van der Waals surface area contributed by atoms with Crippen molar-refractivity contribution in [3.05, 3.63) is 57.0 Å². The maximum atomic E-state index is 13.0. The van der Waals surface area contributed by atoms with Crippen LogP contribution in [-0.2, 0) is 12.8 Å². The number of anilines is 1. The number of aryl methyl sites for hydroxylation is 1. The Balaban J connectivity index is 1.64. The molecule has 1 saturated heterocycles. The summed E-state index contributed by atoms with van der Waals surface area (Å²) >= 11 is 0. The van der Waals surface area contributed by atoms with Gasteiger partial charge in [0.05, 0.1) is 6.20 Å². The molecule has 154 valence electrons. The Morgan fingerprint density at radius 3 is 2.87 bits per heavy atom. The molecule has 4 rings (SSSR count). The highest BCUT2D eigenvalue weighted by atomic mass is 16.1. The van der Waals surface area contributed by atoms with Gasteiger partial charge in [-0.2, -0.15) is 14.8 Å². The molecular formula is C24H27N5O. The molecule has 2 aliphatic rings. The van der Waals surface area contributed by atoms with Crippen LogP contribution in [0.2, 0.25) is 0 Å². The lowest BCUT2D eigenvalue weighted by atomic mass is 9.79. The standard InChI is InChI=1S/C24H27N5O/c1-4-25-24(26-5-2)29-23(30)21-11-9-18(14-19(21)16-27-29)22-15-20(10-8-17(22)3)28-12-6-7-13-28/h1,5,8,10,15-16,18H,6-7,9,11-14H2,2-3H3. The van der Waals surface area contributed by atoms with Crippen LogP contribution < -0.4 is 10.5 Å². The van der Waals surface area contributed by atoms with Crippen LogP contribution in [0.25, 0.3) is 0 Å². The largest absolute Gasteiger partial charge is 0.372 e. The zero-order chi connectivity index (χ0) is 21.1. The highest BCUT2D eigenvalue weighted by molar-refractivity contribution is 5.89. The summed E-state index contributed by atoms with van der Waals surface area (Å²) in [6, 6.07) is 9.03. The van der Waals surface area contributed by atoms with E-state index in [1.54, 1.807) is 19.3 Å². The minimum absolute atomic E-state index is 0.129. The summed E-state index contributed by atoms with van der Waals surface area (Å²) in [6.45, 7) is 6.21. The zero-order valence-corrected chi connectivity index (χ0v) is 17.6. The van der Waals surface area contributed by atoms with Crippen molar-refractivity contribution in [1.82, 2.24) is 9.78 Å². The molecule has 1 aromatic heterocycles. The third-order valence-corrected chi connectivity index (χ3v) is 6.15. The van der Waals surface area contributed by atoms with Gasteiger partial charge in [0.1, 0.15) is 0 Å². The maximum absolute atomic E-state index is 13.0. The predicted octanol–water partition coefficient (Wildman–Crippen LogP) is 3.31. The predicted molar refractivity (Wildman–Crippen MR) is 122 cm³/mol. The Morgan fingerprint density at radius 2 is 2.13 bits per heavy atom. The average molecular weight is 402 g/mol. The van der Waals surface area contributed by atoms with E-state index < -0.39 is 0 Å². The molecule has 0 spiro atoms. The van der Waals surface area contributed by atoms with Gasteiger partial charge in [0.25, 0.3) is 11.5 Å². The highest BCUT2D eigenvalue weighted by Gasteiger charge is 2.26. The summed E-state index contributed by atoms with van der Waals surface area (Å²) < 4.78 is 1.21. The quantitative estimate of drug-likeness (QED) is 0.441. The summed E-state index contributed by atoms with van der Waals surface area (Å²) in [5, 5.41) is 4.32. The maximum Gasteiger partial charge on any atom is 0.277 e.